The molecule has 0 aromatic heterocycles. The van der Waals surface area contributed by atoms with Gasteiger partial charge in [-0.1, -0.05) is 5.57 Å². The van der Waals surface area contributed by atoms with Crippen molar-refractivity contribution in [2.45, 2.75) is 13.3 Å². The summed E-state index contributed by atoms with van der Waals surface area (Å²) in [5, 5.41) is 19.2. The van der Waals surface area contributed by atoms with Crippen molar-refractivity contribution in [3.05, 3.63) is 39.6 Å². The Labute approximate surface area is 64.0 Å². The lowest BCUT2D eigenvalue weighted by molar-refractivity contribution is -0.422. The fraction of sp³-hybridized carbons (Fsp3) is 0.286. The maximum absolute atomic E-state index is 10.2. The van der Waals surface area contributed by atoms with Gasteiger partial charge in [-0.3, -0.25) is 10.1 Å². The quantitative estimate of drug-likeness (QED) is 0.460. The molecular weight excluding hydrogens is 146 g/mol. The van der Waals surface area contributed by atoms with Gasteiger partial charge in [0, 0.05) is 12.5 Å². The molecule has 0 saturated heterocycles. The fourth-order valence-corrected chi connectivity index (χ4v) is 0.875. The molecular formula is C7H8NO3. The van der Waals surface area contributed by atoms with Gasteiger partial charge in [0.2, 0.25) is 0 Å². The molecule has 4 heteroatoms. The first kappa shape index (κ1) is 7.78. The SMILES string of the molecule is CC1=CC([N+](=O)[O-])=C(O)[CH]C1. The van der Waals surface area contributed by atoms with Gasteiger partial charge in [0.25, 0.3) is 0 Å². The molecule has 1 aliphatic carbocycles. The van der Waals surface area contributed by atoms with Gasteiger partial charge in [-0.15, -0.1) is 0 Å². The van der Waals surface area contributed by atoms with Crippen molar-refractivity contribution in [3.8, 4) is 0 Å². The minimum absolute atomic E-state index is 0.214. The summed E-state index contributed by atoms with van der Waals surface area (Å²) in [5.74, 6) is -0.236. The van der Waals surface area contributed by atoms with E-state index in [4.69, 9.17) is 5.11 Å². The first-order valence-electron chi connectivity index (χ1n) is 3.19. The van der Waals surface area contributed by atoms with Crippen LogP contribution in [0.1, 0.15) is 13.3 Å². The summed E-state index contributed by atoms with van der Waals surface area (Å²) in [4.78, 5) is 9.64. The number of nitrogens with zero attached hydrogens (tertiary/aromatic N) is 1. The Kier molecular flexibility index (Phi) is 1.94. The summed E-state index contributed by atoms with van der Waals surface area (Å²) in [6.07, 6.45) is 3.41. The molecule has 0 aliphatic heterocycles. The molecule has 0 bridgehead atoms. The van der Waals surface area contributed by atoms with E-state index in [1.54, 1.807) is 6.92 Å². The van der Waals surface area contributed by atoms with Crippen molar-refractivity contribution in [2.24, 2.45) is 0 Å². The van der Waals surface area contributed by atoms with Crippen LogP contribution in [0.15, 0.2) is 23.1 Å². The third-order valence-electron chi connectivity index (χ3n) is 1.46. The maximum Gasteiger partial charge on any atom is 0.306 e. The maximum atomic E-state index is 10.2. The van der Waals surface area contributed by atoms with Gasteiger partial charge in [0.15, 0.2) is 5.76 Å². The molecule has 1 rings (SSSR count). The predicted molar refractivity (Wildman–Crippen MR) is 39.3 cm³/mol. The average Bonchev–Trinajstić information content (AvgIpc) is 1.94. The molecule has 0 heterocycles. The summed E-state index contributed by atoms with van der Waals surface area (Å²) in [5.41, 5.74) is 0.670. The highest BCUT2D eigenvalue weighted by molar-refractivity contribution is 5.30. The highest BCUT2D eigenvalue weighted by Crippen LogP contribution is 2.20. The zero-order valence-corrected chi connectivity index (χ0v) is 6.07. The van der Waals surface area contributed by atoms with Crippen molar-refractivity contribution in [1.82, 2.24) is 0 Å². The van der Waals surface area contributed by atoms with Gasteiger partial charge in [0.05, 0.1) is 4.92 Å². The van der Waals surface area contributed by atoms with E-state index in [1.807, 2.05) is 0 Å². The van der Waals surface area contributed by atoms with Crippen molar-refractivity contribution in [3.63, 3.8) is 0 Å². The van der Waals surface area contributed by atoms with Gasteiger partial charge in [0.1, 0.15) is 0 Å². The zero-order chi connectivity index (χ0) is 8.43. The second-order valence-corrected chi connectivity index (χ2v) is 2.43. The van der Waals surface area contributed by atoms with Crippen LogP contribution in [0, 0.1) is 16.5 Å². The number of allylic oxidation sites excluding steroid dienone is 3. The molecule has 0 saturated carbocycles. The van der Waals surface area contributed by atoms with Crippen LogP contribution in [-0.4, -0.2) is 10.0 Å². The first-order valence-corrected chi connectivity index (χ1v) is 3.19. The van der Waals surface area contributed by atoms with Crippen LogP contribution in [0.2, 0.25) is 0 Å². The summed E-state index contributed by atoms with van der Waals surface area (Å²) in [6.45, 7) is 1.78. The summed E-state index contributed by atoms with van der Waals surface area (Å²) >= 11 is 0. The molecule has 0 spiro atoms. The van der Waals surface area contributed by atoms with E-state index in [-0.39, 0.29) is 11.5 Å². The molecule has 0 fully saturated rings. The zero-order valence-electron chi connectivity index (χ0n) is 6.07. The Balaban J connectivity index is 2.98. The van der Waals surface area contributed by atoms with Crippen LogP contribution in [0.5, 0.6) is 0 Å². The second kappa shape index (κ2) is 2.74. The molecule has 1 N–H and O–H groups in total. The highest BCUT2D eigenvalue weighted by atomic mass is 16.6. The number of aliphatic hydroxyl groups excluding tert-OH is 1. The Morgan fingerprint density at radius 3 is 2.82 bits per heavy atom. The van der Waals surface area contributed by atoms with Gasteiger partial charge in [-0.25, -0.2) is 0 Å². The molecule has 1 aliphatic rings. The molecule has 11 heavy (non-hydrogen) atoms. The largest absolute Gasteiger partial charge is 0.506 e. The lowest BCUT2D eigenvalue weighted by Gasteiger charge is -2.06. The molecule has 0 amide bonds. The van der Waals surface area contributed by atoms with Crippen LogP contribution in [0.4, 0.5) is 0 Å². The lowest BCUT2D eigenvalue weighted by Crippen LogP contribution is -2.06. The number of hydrogen-bond donors (Lipinski definition) is 1. The molecule has 59 valence electrons. The highest BCUT2D eigenvalue weighted by Gasteiger charge is 2.19. The third kappa shape index (κ3) is 1.58. The number of rotatable bonds is 1. The van der Waals surface area contributed by atoms with E-state index in [1.165, 1.54) is 12.5 Å². The van der Waals surface area contributed by atoms with Gasteiger partial charge in [-0.2, -0.15) is 0 Å². The normalized spacial score (nSPS) is 18.1. The van der Waals surface area contributed by atoms with Crippen molar-refractivity contribution < 1.29 is 10.0 Å². The number of aliphatic hydroxyl groups is 1. The van der Waals surface area contributed by atoms with E-state index in [9.17, 15) is 10.1 Å². The second-order valence-electron chi connectivity index (χ2n) is 2.43. The number of nitro groups is 1. The molecule has 1 radical (unpaired) electrons. The van der Waals surface area contributed by atoms with E-state index in [0.717, 1.165) is 5.57 Å². The van der Waals surface area contributed by atoms with E-state index in [2.05, 4.69) is 0 Å². The topological polar surface area (TPSA) is 63.4 Å². The molecule has 0 atom stereocenters. The standard InChI is InChI=1S/C7H8NO3/c1-5-2-3-7(9)6(4-5)8(10)11/h3-4,9H,2H2,1H3. The van der Waals surface area contributed by atoms with E-state index < -0.39 is 4.92 Å². The summed E-state index contributed by atoms with van der Waals surface area (Å²) in [7, 11) is 0. The Morgan fingerprint density at radius 1 is 1.73 bits per heavy atom. The van der Waals surface area contributed by atoms with Gasteiger partial charge >= 0.3 is 5.70 Å². The average molecular weight is 154 g/mol. The van der Waals surface area contributed by atoms with Crippen LogP contribution in [0.25, 0.3) is 0 Å². The lowest BCUT2D eigenvalue weighted by atomic mass is 10.0. The number of hydrogen-bond acceptors (Lipinski definition) is 3. The van der Waals surface area contributed by atoms with Gasteiger partial charge in [-0.05, 0) is 13.3 Å². The summed E-state index contributed by atoms with van der Waals surface area (Å²) in [6, 6.07) is 0. The van der Waals surface area contributed by atoms with Crippen molar-refractivity contribution >= 4 is 0 Å². The molecule has 4 nitrogen and oxygen atoms in total. The van der Waals surface area contributed by atoms with Crippen LogP contribution >= 0.6 is 0 Å². The van der Waals surface area contributed by atoms with E-state index in [0.29, 0.717) is 6.42 Å². The first-order chi connectivity index (χ1) is 5.11. The monoisotopic (exact) mass is 154 g/mol. The van der Waals surface area contributed by atoms with E-state index >= 15 is 0 Å². The van der Waals surface area contributed by atoms with Crippen LogP contribution < -0.4 is 0 Å². The minimum Gasteiger partial charge on any atom is -0.506 e. The Morgan fingerprint density at radius 2 is 2.36 bits per heavy atom. The van der Waals surface area contributed by atoms with Crippen LogP contribution in [0.3, 0.4) is 0 Å². The van der Waals surface area contributed by atoms with Crippen LogP contribution in [-0.2, 0) is 0 Å². The molecule has 0 aromatic rings. The van der Waals surface area contributed by atoms with Gasteiger partial charge < -0.3 is 5.11 Å². The Bertz CT molecular complexity index is 252. The fourth-order valence-electron chi connectivity index (χ4n) is 0.875. The third-order valence-corrected chi connectivity index (χ3v) is 1.46. The predicted octanol–water partition coefficient (Wildman–Crippen LogP) is 1.59. The minimum atomic E-state index is -0.589. The van der Waals surface area contributed by atoms with Crippen molar-refractivity contribution in [2.75, 3.05) is 0 Å². The Hall–Kier alpha value is -1.32. The smallest absolute Gasteiger partial charge is 0.306 e. The molecule has 0 aromatic carbocycles. The summed E-state index contributed by atoms with van der Waals surface area (Å²) < 4.78 is 0. The molecule has 0 unspecified atom stereocenters. The van der Waals surface area contributed by atoms with Crippen molar-refractivity contribution in [1.29, 1.82) is 0 Å².